The van der Waals surface area contributed by atoms with Gasteiger partial charge in [0, 0.05) is 6.54 Å². The molecule has 0 amide bonds. The Morgan fingerprint density at radius 3 is 2.38 bits per heavy atom. The van der Waals surface area contributed by atoms with Crippen molar-refractivity contribution in [3.8, 4) is 11.5 Å². The topological polar surface area (TPSA) is 30.5 Å². The fourth-order valence-electron chi connectivity index (χ4n) is 2.21. The van der Waals surface area contributed by atoms with Crippen LogP contribution < -0.4 is 14.8 Å². The summed E-state index contributed by atoms with van der Waals surface area (Å²) in [5.74, 6) is 1.57. The molecular weight excluding hydrogens is 262 g/mol. The smallest absolute Gasteiger partial charge is 0.161 e. The van der Waals surface area contributed by atoms with Crippen LogP contribution in [0, 0.1) is 6.92 Å². The van der Waals surface area contributed by atoms with E-state index >= 15 is 0 Å². The van der Waals surface area contributed by atoms with E-state index in [2.05, 4.69) is 36.5 Å². The average molecular weight is 285 g/mol. The summed E-state index contributed by atoms with van der Waals surface area (Å²) in [4.78, 5) is 0. The van der Waals surface area contributed by atoms with Crippen molar-refractivity contribution < 1.29 is 9.47 Å². The highest BCUT2D eigenvalue weighted by molar-refractivity contribution is 5.39. The van der Waals surface area contributed by atoms with E-state index in [1.165, 1.54) is 11.1 Å². The van der Waals surface area contributed by atoms with Crippen LogP contribution >= 0.6 is 0 Å². The highest BCUT2D eigenvalue weighted by atomic mass is 16.5. The van der Waals surface area contributed by atoms with Crippen molar-refractivity contribution in [2.24, 2.45) is 0 Å². The van der Waals surface area contributed by atoms with Gasteiger partial charge in [-0.1, -0.05) is 36.4 Å². The molecule has 0 heterocycles. The van der Waals surface area contributed by atoms with Crippen molar-refractivity contribution in [3.63, 3.8) is 0 Å². The van der Waals surface area contributed by atoms with Crippen LogP contribution in [0.2, 0.25) is 0 Å². The summed E-state index contributed by atoms with van der Waals surface area (Å²) in [6.45, 7) is 4.57. The summed E-state index contributed by atoms with van der Waals surface area (Å²) in [7, 11) is 1.66. The van der Waals surface area contributed by atoms with Crippen LogP contribution in [0.4, 0.5) is 0 Å². The normalized spacial score (nSPS) is 10.4. The Labute approximate surface area is 126 Å². The number of nitrogens with one attached hydrogen (secondary N) is 1. The van der Waals surface area contributed by atoms with Crippen molar-refractivity contribution in [2.45, 2.75) is 13.3 Å². The number of para-hydroxylation sites is 2. The number of benzene rings is 2. The van der Waals surface area contributed by atoms with Gasteiger partial charge in [-0.2, -0.15) is 0 Å². The first-order chi connectivity index (χ1) is 10.3. The summed E-state index contributed by atoms with van der Waals surface area (Å²) in [6.07, 6.45) is 1.04. The Morgan fingerprint density at radius 2 is 1.62 bits per heavy atom. The van der Waals surface area contributed by atoms with Gasteiger partial charge in [-0.05, 0) is 43.1 Å². The van der Waals surface area contributed by atoms with Gasteiger partial charge in [0.1, 0.15) is 6.61 Å². The summed E-state index contributed by atoms with van der Waals surface area (Å²) >= 11 is 0. The highest BCUT2D eigenvalue weighted by Crippen LogP contribution is 2.25. The average Bonchev–Trinajstić information content (AvgIpc) is 2.52. The van der Waals surface area contributed by atoms with Gasteiger partial charge in [-0.15, -0.1) is 0 Å². The minimum Gasteiger partial charge on any atom is -0.493 e. The zero-order valence-corrected chi connectivity index (χ0v) is 12.8. The van der Waals surface area contributed by atoms with Crippen LogP contribution in [0.5, 0.6) is 11.5 Å². The molecule has 0 unspecified atom stereocenters. The number of aryl methyl sites for hydroxylation is 1. The fraction of sp³-hybridized carbons (Fsp3) is 0.333. The molecule has 0 spiro atoms. The molecule has 0 aliphatic heterocycles. The standard InChI is InChI=1S/C18H23NO2/c1-15-7-3-4-8-16(15)11-12-19-13-14-21-18-10-6-5-9-17(18)20-2/h3-10,19H,11-14H2,1-2H3. The highest BCUT2D eigenvalue weighted by Gasteiger charge is 2.01. The molecule has 0 fully saturated rings. The van der Waals surface area contributed by atoms with Crippen LogP contribution in [0.15, 0.2) is 48.5 Å². The van der Waals surface area contributed by atoms with Crippen molar-refractivity contribution in [1.29, 1.82) is 0 Å². The van der Waals surface area contributed by atoms with Crippen molar-refractivity contribution in [3.05, 3.63) is 59.7 Å². The predicted octanol–water partition coefficient (Wildman–Crippen LogP) is 3.21. The molecule has 0 atom stereocenters. The van der Waals surface area contributed by atoms with E-state index in [1.54, 1.807) is 7.11 Å². The number of rotatable bonds is 8. The lowest BCUT2D eigenvalue weighted by molar-refractivity contribution is 0.292. The third kappa shape index (κ3) is 4.80. The molecule has 0 aliphatic rings. The summed E-state index contributed by atoms with van der Waals surface area (Å²) in [5, 5.41) is 3.40. The third-order valence-electron chi connectivity index (χ3n) is 3.44. The summed E-state index contributed by atoms with van der Waals surface area (Å²) in [5.41, 5.74) is 2.75. The van der Waals surface area contributed by atoms with E-state index in [1.807, 2.05) is 24.3 Å². The molecule has 2 aromatic carbocycles. The molecule has 0 saturated heterocycles. The Kier molecular flexibility index (Phi) is 6.10. The first-order valence-electron chi connectivity index (χ1n) is 7.32. The molecule has 3 heteroatoms. The van der Waals surface area contributed by atoms with Gasteiger partial charge in [-0.25, -0.2) is 0 Å². The van der Waals surface area contributed by atoms with Gasteiger partial charge in [0.25, 0.3) is 0 Å². The number of methoxy groups -OCH3 is 1. The predicted molar refractivity (Wildman–Crippen MR) is 86.2 cm³/mol. The van der Waals surface area contributed by atoms with E-state index in [0.717, 1.165) is 31.0 Å². The summed E-state index contributed by atoms with van der Waals surface area (Å²) in [6, 6.07) is 16.2. The second kappa shape index (κ2) is 8.32. The van der Waals surface area contributed by atoms with Gasteiger partial charge in [0.2, 0.25) is 0 Å². The number of ether oxygens (including phenoxy) is 2. The van der Waals surface area contributed by atoms with Crippen LogP contribution in [-0.2, 0) is 6.42 Å². The Hall–Kier alpha value is -2.00. The number of hydrogen-bond acceptors (Lipinski definition) is 3. The van der Waals surface area contributed by atoms with E-state index in [-0.39, 0.29) is 0 Å². The lowest BCUT2D eigenvalue weighted by Crippen LogP contribution is -2.23. The molecule has 0 bridgehead atoms. The molecular formula is C18H23NO2. The molecule has 0 radical (unpaired) electrons. The second-order valence-corrected chi connectivity index (χ2v) is 4.93. The molecule has 2 aromatic rings. The van der Waals surface area contributed by atoms with E-state index in [0.29, 0.717) is 6.61 Å². The maximum atomic E-state index is 5.72. The van der Waals surface area contributed by atoms with Crippen LogP contribution in [0.3, 0.4) is 0 Å². The van der Waals surface area contributed by atoms with Gasteiger partial charge >= 0.3 is 0 Å². The lowest BCUT2D eigenvalue weighted by atomic mass is 10.1. The van der Waals surface area contributed by atoms with E-state index < -0.39 is 0 Å². The van der Waals surface area contributed by atoms with E-state index in [9.17, 15) is 0 Å². The fourth-order valence-corrected chi connectivity index (χ4v) is 2.21. The second-order valence-electron chi connectivity index (χ2n) is 4.93. The Bertz CT molecular complexity index is 554. The van der Waals surface area contributed by atoms with Crippen molar-refractivity contribution in [1.82, 2.24) is 5.32 Å². The molecule has 0 aliphatic carbocycles. The van der Waals surface area contributed by atoms with Crippen molar-refractivity contribution >= 4 is 0 Å². The largest absolute Gasteiger partial charge is 0.493 e. The Morgan fingerprint density at radius 1 is 0.905 bits per heavy atom. The van der Waals surface area contributed by atoms with Gasteiger partial charge in [0.15, 0.2) is 11.5 Å². The molecule has 3 nitrogen and oxygen atoms in total. The van der Waals surface area contributed by atoms with E-state index in [4.69, 9.17) is 9.47 Å². The maximum absolute atomic E-state index is 5.72. The quantitative estimate of drug-likeness (QED) is 0.755. The van der Waals surface area contributed by atoms with Gasteiger partial charge in [-0.3, -0.25) is 0 Å². The molecule has 0 aromatic heterocycles. The van der Waals surface area contributed by atoms with Crippen LogP contribution in [0.1, 0.15) is 11.1 Å². The summed E-state index contributed by atoms with van der Waals surface area (Å²) < 4.78 is 11.0. The van der Waals surface area contributed by atoms with Gasteiger partial charge < -0.3 is 14.8 Å². The zero-order valence-electron chi connectivity index (χ0n) is 12.8. The minimum absolute atomic E-state index is 0.633. The minimum atomic E-state index is 0.633. The first kappa shape index (κ1) is 15.4. The molecule has 1 N–H and O–H groups in total. The van der Waals surface area contributed by atoms with Crippen LogP contribution in [-0.4, -0.2) is 26.8 Å². The molecule has 112 valence electrons. The molecule has 2 rings (SSSR count). The lowest BCUT2D eigenvalue weighted by Gasteiger charge is -2.11. The first-order valence-corrected chi connectivity index (χ1v) is 7.32. The zero-order chi connectivity index (χ0) is 14.9. The van der Waals surface area contributed by atoms with Crippen molar-refractivity contribution in [2.75, 3.05) is 26.8 Å². The number of hydrogen-bond donors (Lipinski definition) is 1. The SMILES string of the molecule is COc1ccccc1OCCNCCc1ccccc1C. The molecule has 0 saturated carbocycles. The molecule has 21 heavy (non-hydrogen) atoms. The monoisotopic (exact) mass is 285 g/mol. The third-order valence-corrected chi connectivity index (χ3v) is 3.44. The Balaban J connectivity index is 1.65. The van der Waals surface area contributed by atoms with Gasteiger partial charge in [0.05, 0.1) is 7.11 Å². The van der Waals surface area contributed by atoms with Crippen LogP contribution in [0.25, 0.3) is 0 Å². The maximum Gasteiger partial charge on any atom is 0.161 e.